The van der Waals surface area contributed by atoms with Gasteiger partial charge in [0.2, 0.25) is 0 Å². The van der Waals surface area contributed by atoms with Gasteiger partial charge in [-0.25, -0.2) is 8.42 Å². The first-order chi connectivity index (χ1) is 18.8. The smallest absolute Gasteiger partial charge is 0.430 e. The fourth-order valence-corrected chi connectivity index (χ4v) is 5.52. The lowest BCUT2D eigenvalue weighted by molar-refractivity contribution is -0.707. The van der Waals surface area contributed by atoms with Crippen molar-refractivity contribution in [2.24, 2.45) is 0 Å². The highest BCUT2D eigenvalue weighted by Gasteiger charge is 2.33. The number of anilines is 1. The molecular weight excluding hydrogens is 664 g/mol. The predicted molar refractivity (Wildman–Crippen MR) is 148 cm³/mol. The number of para-hydroxylation sites is 1. The van der Waals surface area contributed by atoms with Gasteiger partial charge in [-0.15, -0.1) is 0 Å². The molecule has 0 spiro atoms. The Balaban J connectivity index is 0.000000559. The summed E-state index contributed by atoms with van der Waals surface area (Å²) in [5, 5.41) is 21.6. The molecule has 0 unspecified atom stereocenters. The molecule has 0 amide bonds. The second-order valence-electron chi connectivity index (χ2n) is 9.13. The van der Waals surface area contributed by atoms with Crippen LogP contribution in [0, 0.1) is 3.57 Å². The molecule has 216 valence electrons. The highest BCUT2D eigenvalue weighted by atomic mass is 127. The van der Waals surface area contributed by atoms with Crippen molar-refractivity contribution in [1.29, 1.82) is 0 Å². The molecule has 3 aromatic carbocycles. The van der Waals surface area contributed by atoms with E-state index < -0.39 is 28.3 Å². The van der Waals surface area contributed by atoms with Gasteiger partial charge in [0, 0.05) is 28.5 Å². The quantitative estimate of drug-likeness (QED) is 0.296. The Labute approximate surface area is 243 Å². The summed E-state index contributed by atoms with van der Waals surface area (Å²) in [5.41, 5.74) is 1.68. The number of nitrogens with two attached hydrogens (primary N) is 1. The molecule has 1 fully saturated rings. The minimum Gasteiger partial charge on any atom is -0.542 e. The van der Waals surface area contributed by atoms with Crippen LogP contribution in [0.1, 0.15) is 18.4 Å². The second-order valence-corrected chi connectivity index (χ2v) is 12.1. The first-order valence-electron chi connectivity index (χ1n) is 12.2. The zero-order valence-electron chi connectivity index (χ0n) is 21.1. The molecule has 4 N–H and O–H groups in total. The lowest BCUT2D eigenvalue weighted by atomic mass is 10.0. The number of carbonyl (C=O) groups is 1. The molecule has 0 aromatic heterocycles. The number of nitrogens with one attached hydrogen (secondary N) is 1. The molecule has 1 aliphatic rings. The number of carboxylic acids is 1. The maximum atomic E-state index is 12.6. The molecule has 1 aliphatic heterocycles. The Bertz CT molecular complexity index is 1340. The van der Waals surface area contributed by atoms with Gasteiger partial charge in [0.25, 0.3) is 10.0 Å². The summed E-state index contributed by atoms with van der Waals surface area (Å²) < 4.78 is 66.0. The van der Waals surface area contributed by atoms with Gasteiger partial charge >= 0.3 is 6.18 Å². The van der Waals surface area contributed by atoms with Gasteiger partial charge in [-0.2, -0.15) is 13.2 Å². The summed E-state index contributed by atoms with van der Waals surface area (Å²) in [6.45, 7) is 0.285. The molecule has 4 rings (SSSR count). The van der Waals surface area contributed by atoms with E-state index in [0.717, 1.165) is 34.1 Å². The van der Waals surface area contributed by atoms with Crippen molar-refractivity contribution in [3.05, 3.63) is 88.0 Å². The molecule has 3 aromatic rings. The van der Waals surface area contributed by atoms with Crippen molar-refractivity contribution < 1.29 is 46.7 Å². The molecule has 0 saturated carbocycles. The van der Waals surface area contributed by atoms with Crippen LogP contribution in [0.2, 0.25) is 0 Å². The fraction of sp³-hybridized carbons (Fsp3) is 0.296. The summed E-state index contributed by atoms with van der Waals surface area (Å²) in [6, 6.07) is 24.3. The SMILES string of the molecule is O=C([O-])C(F)(F)F.O=S(=O)(Nc1ccc(C[C@@H]2CC[C@H]([C@H](O)COc3ccccc3)[NH2+]2)cc1)c1ccc(I)cc1. The third-order valence-electron chi connectivity index (χ3n) is 6.11. The Morgan fingerprint density at radius 3 is 2.23 bits per heavy atom. The van der Waals surface area contributed by atoms with Crippen LogP contribution in [0.3, 0.4) is 0 Å². The Morgan fingerprint density at radius 1 is 1.05 bits per heavy atom. The number of rotatable bonds is 9. The lowest BCUT2D eigenvalue weighted by Crippen LogP contribution is -2.94. The van der Waals surface area contributed by atoms with Crippen LogP contribution in [0.15, 0.2) is 83.8 Å². The number of aliphatic hydroxyl groups is 1. The normalized spacial score (nSPS) is 17.8. The number of carbonyl (C=O) groups excluding carboxylic acids is 1. The number of aliphatic carboxylic acids is 1. The Kier molecular flexibility index (Phi) is 11.2. The first-order valence-corrected chi connectivity index (χ1v) is 14.8. The number of hydrogen-bond acceptors (Lipinski definition) is 6. The summed E-state index contributed by atoms with van der Waals surface area (Å²) in [5.74, 6) is -2.24. The third-order valence-corrected chi connectivity index (χ3v) is 8.22. The maximum absolute atomic E-state index is 12.6. The van der Waals surface area contributed by atoms with E-state index in [9.17, 15) is 26.7 Å². The van der Waals surface area contributed by atoms with Crippen molar-refractivity contribution in [3.8, 4) is 5.75 Å². The lowest BCUT2D eigenvalue weighted by Gasteiger charge is -2.18. The number of ether oxygens (including phenoxy) is 1. The number of hydrogen-bond donors (Lipinski definition) is 3. The molecule has 0 bridgehead atoms. The molecule has 40 heavy (non-hydrogen) atoms. The number of alkyl halides is 3. The average Bonchev–Trinajstić information content (AvgIpc) is 3.37. The van der Waals surface area contributed by atoms with E-state index in [4.69, 9.17) is 14.6 Å². The molecule has 3 atom stereocenters. The average molecular weight is 692 g/mol. The van der Waals surface area contributed by atoms with E-state index in [2.05, 4.69) is 32.6 Å². The summed E-state index contributed by atoms with van der Waals surface area (Å²) in [4.78, 5) is 9.03. The van der Waals surface area contributed by atoms with Gasteiger partial charge in [-0.05, 0) is 76.7 Å². The summed E-state index contributed by atoms with van der Waals surface area (Å²) >= 11 is 2.14. The number of benzene rings is 3. The van der Waals surface area contributed by atoms with Crippen LogP contribution in [0.4, 0.5) is 18.9 Å². The van der Waals surface area contributed by atoms with Gasteiger partial charge in [0.1, 0.15) is 30.5 Å². The highest BCUT2D eigenvalue weighted by molar-refractivity contribution is 14.1. The molecule has 1 saturated heterocycles. The second kappa shape index (κ2) is 14.1. The van der Waals surface area contributed by atoms with Gasteiger partial charge in [-0.3, -0.25) is 4.72 Å². The topological polar surface area (TPSA) is 132 Å². The predicted octanol–water partition coefficient (Wildman–Crippen LogP) is 2.47. The molecular formula is C27H28F3IN2O6S. The Hall–Kier alpha value is -2.88. The van der Waals surface area contributed by atoms with Gasteiger partial charge in [-0.1, -0.05) is 30.3 Å². The van der Waals surface area contributed by atoms with E-state index in [1.807, 2.05) is 42.5 Å². The Morgan fingerprint density at radius 2 is 1.65 bits per heavy atom. The molecule has 0 radical (unpaired) electrons. The van der Waals surface area contributed by atoms with Crippen LogP contribution in [0.5, 0.6) is 5.75 Å². The van der Waals surface area contributed by atoms with Crippen molar-refractivity contribution in [1.82, 2.24) is 0 Å². The first kappa shape index (κ1) is 31.6. The van der Waals surface area contributed by atoms with Crippen LogP contribution < -0.4 is 19.9 Å². The minimum atomic E-state index is -5.19. The number of quaternary nitrogens is 1. The van der Waals surface area contributed by atoms with E-state index >= 15 is 0 Å². The minimum absolute atomic E-state index is 0.124. The van der Waals surface area contributed by atoms with Gasteiger partial charge in [0.15, 0.2) is 0 Å². The van der Waals surface area contributed by atoms with Crippen molar-refractivity contribution in [2.45, 2.75) is 48.5 Å². The van der Waals surface area contributed by atoms with Crippen LogP contribution in [0.25, 0.3) is 0 Å². The maximum Gasteiger partial charge on any atom is 0.430 e. The third kappa shape index (κ3) is 9.94. The highest BCUT2D eigenvalue weighted by Crippen LogP contribution is 2.20. The van der Waals surface area contributed by atoms with Gasteiger partial charge in [0.05, 0.1) is 10.9 Å². The summed E-state index contributed by atoms with van der Waals surface area (Å²) in [7, 11) is -3.61. The number of carboxylic acid groups (broad SMARTS) is 1. The molecule has 13 heteroatoms. The standard InChI is InChI=1S/C25H27IN2O4S.C2HF3O2/c26-19-8-13-23(14-9-19)33(30,31)28-20-10-6-18(7-11-20)16-21-12-15-24(27-21)25(29)17-32-22-4-2-1-3-5-22;3-2(4,5)1(6)7/h1-11,13-14,21,24-25,27-29H,12,15-17H2;(H,6,7)/t21-,24+,25+;/m0./s1. The zero-order valence-corrected chi connectivity index (χ0v) is 24.0. The number of halogens is 4. The van der Waals surface area contributed by atoms with Crippen LogP contribution >= 0.6 is 22.6 Å². The van der Waals surface area contributed by atoms with E-state index in [-0.39, 0.29) is 17.5 Å². The number of aliphatic hydroxyl groups excluding tert-OH is 1. The molecule has 8 nitrogen and oxygen atoms in total. The van der Waals surface area contributed by atoms with E-state index in [1.54, 1.807) is 36.4 Å². The van der Waals surface area contributed by atoms with Crippen molar-refractivity contribution >= 4 is 44.3 Å². The molecule has 0 aliphatic carbocycles. The summed E-state index contributed by atoms with van der Waals surface area (Å²) in [6.07, 6.45) is -2.88. The largest absolute Gasteiger partial charge is 0.542 e. The van der Waals surface area contributed by atoms with Crippen LogP contribution in [-0.2, 0) is 21.2 Å². The van der Waals surface area contributed by atoms with Crippen LogP contribution in [-0.4, -0.2) is 50.5 Å². The van der Waals surface area contributed by atoms with Crippen molar-refractivity contribution in [3.63, 3.8) is 0 Å². The fourth-order valence-electron chi connectivity index (χ4n) is 4.10. The monoisotopic (exact) mass is 692 g/mol. The van der Waals surface area contributed by atoms with E-state index in [1.165, 1.54) is 0 Å². The van der Waals surface area contributed by atoms with Gasteiger partial charge < -0.3 is 25.1 Å². The number of sulfonamides is 1. The zero-order chi connectivity index (χ0) is 29.3. The van der Waals surface area contributed by atoms with E-state index in [0.29, 0.717) is 11.7 Å². The molecule has 1 heterocycles. The van der Waals surface area contributed by atoms with Crippen molar-refractivity contribution in [2.75, 3.05) is 11.3 Å².